The average Bonchev–Trinajstić information content (AvgIpc) is 3.03. The largest absolute Gasteiger partial charge is 0.374 e. The molecule has 1 aliphatic heterocycles. The lowest BCUT2D eigenvalue weighted by Gasteiger charge is -2.34. The Kier molecular flexibility index (Phi) is 5.74. The number of aromatic nitrogens is 2. The van der Waals surface area contributed by atoms with Crippen LogP contribution in [-0.4, -0.2) is 46.0 Å². The van der Waals surface area contributed by atoms with E-state index in [4.69, 9.17) is 5.73 Å². The molecule has 3 rings (SSSR count). The maximum atomic E-state index is 13.1. The molecule has 1 atom stereocenters. The molecule has 138 valence electrons. The molecule has 8 nitrogen and oxygen atoms in total. The SMILES string of the molecule is Nc1nnc(CNC(=O)C[C@H]2C(=O)NCCN2Cc2ccc(F)cc2)s1. The smallest absolute Gasteiger partial charge is 0.237 e. The summed E-state index contributed by atoms with van der Waals surface area (Å²) in [5.41, 5.74) is 6.39. The van der Waals surface area contributed by atoms with Gasteiger partial charge in [-0.25, -0.2) is 4.39 Å². The third kappa shape index (κ3) is 4.73. The van der Waals surface area contributed by atoms with Crippen molar-refractivity contribution in [3.05, 3.63) is 40.7 Å². The molecule has 1 aliphatic rings. The second-order valence-electron chi connectivity index (χ2n) is 5.92. The Bertz CT molecular complexity index is 781. The number of rotatable bonds is 6. The topological polar surface area (TPSA) is 113 Å². The molecule has 2 amide bonds. The first-order valence-corrected chi connectivity index (χ1v) is 8.93. The number of hydrogen-bond acceptors (Lipinski definition) is 7. The fourth-order valence-electron chi connectivity index (χ4n) is 2.76. The molecule has 0 unspecified atom stereocenters. The van der Waals surface area contributed by atoms with Gasteiger partial charge in [0.15, 0.2) is 0 Å². The monoisotopic (exact) mass is 378 g/mol. The first kappa shape index (κ1) is 18.2. The lowest BCUT2D eigenvalue weighted by molar-refractivity contribution is -0.134. The van der Waals surface area contributed by atoms with Gasteiger partial charge in [-0.3, -0.25) is 14.5 Å². The van der Waals surface area contributed by atoms with Gasteiger partial charge in [-0.2, -0.15) is 0 Å². The van der Waals surface area contributed by atoms with Crippen LogP contribution in [0.3, 0.4) is 0 Å². The minimum Gasteiger partial charge on any atom is -0.374 e. The van der Waals surface area contributed by atoms with Gasteiger partial charge in [0.05, 0.1) is 19.0 Å². The van der Waals surface area contributed by atoms with Gasteiger partial charge in [-0.05, 0) is 17.7 Å². The summed E-state index contributed by atoms with van der Waals surface area (Å²) in [5.74, 6) is -0.753. The van der Waals surface area contributed by atoms with Crippen molar-refractivity contribution >= 4 is 28.3 Å². The molecule has 2 aromatic rings. The maximum absolute atomic E-state index is 13.1. The zero-order valence-corrected chi connectivity index (χ0v) is 14.8. The van der Waals surface area contributed by atoms with Gasteiger partial charge in [0, 0.05) is 19.6 Å². The summed E-state index contributed by atoms with van der Waals surface area (Å²) >= 11 is 1.20. The van der Waals surface area contributed by atoms with E-state index in [0.29, 0.717) is 29.8 Å². The highest BCUT2D eigenvalue weighted by Crippen LogP contribution is 2.15. The molecule has 0 radical (unpaired) electrons. The second kappa shape index (κ2) is 8.19. The van der Waals surface area contributed by atoms with E-state index < -0.39 is 6.04 Å². The molecule has 1 aromatic carbocycles. The van der Waals surface area contributed by atoms with Gasteiger partial charge in [-0.15, -0.1) is 10.2 Å². The maximum Gasteiger partial charge on any atom is 0.237 e. The lowest BCUT2D eigenvalue weighted by Crippen LogP contribution is -2.56. The van der Waals surface area contributed by atoms with Crippen LogP contribution < -0.4 is 16.4 Å². The highest BCUT2D eigenvalue weighted by atomic mass is 32.1. The Labute approximate surface area is 153 Å². The van der Waals surface area contributed by atoms with E-state index >= 15 is 0 Å². The van der Waals surface area contributed by atoms with Crippen molar-refractivity contribution in [2.24, 2.45) is 0 Å². The molecular weight excluding hydrogens is 359 g/mol. The van der Waals surface area contributed by atoms with Crippen molar-refractivity contribution < 1.29 is 14.0 Å². The fourth-order valence-corrected chi connectivity index (χ4v) is 3.31. The van der Waals surface area contributed by atoms with Crippen molar-refractivity contribution in [2.45, 2.75) is 25.6 Å². The van der Waals surface area contributed by atoms with E-state index in [1.807, 2.05) is 4.90 Å². The van der Waals surface area contributed by atoms with Gasteiger partial charge >= 0.3 is 0 Å². The van der Waals surface area contributed by atoms with E-state index in [-0.39, 0.29) is 30.6 Å². The van der Waals surface area contributed by atoms with Crippen molar-refractivity contribution in [1.29, 1.82) is 0 Å². The van der Waals surface area contributed by atoms with Crippen LogP contribution in [0.4, 0.5) is 9.52 Å². The van der Waals surface area contributed by atoms with E-state index in [2.05, 4.69) is 20.8 Å². The number of amides is 2. The number of hydrogen-bond donors (Lipinski definition) is 3. The number of benzene rings is 1. The predicted molar refractivity (Wildman–Crippen MR) is 94.4 cm³/mol. The highest BCUT2D eigenvalue weighted by Gasteiger charge is 2.31. The standard InChI is InChI=1S/C16H19FN6O2S/c17-11-3-1-10(2-4-11)9-23-6-5-19-15(25)12(23)7-13(24)20-8-14-21-22-16(18)26-14/h1-4,12H,5-9H2,(H2,18,22)(H,19,25)(H,20,24)/t12-/m0/s1. The Balaban J connectivity index is 1.59. The van der Waals surface area contributed by atoms with Gasteiger partial charge < -0.3 is 16.4 Å². The molecule has 0 bridgehead atoms. The molecule has 4 N–H and O–H groups in total. The number of piperazine rings is 1. The second-order valence-corrected chi connectivity index (χ2v) is 7.01. The zero-order chi connectivity index (χ0) is 18.5. The van der Waals surface area contributed by atoms with Crippen molar-refractivity contribution in [1.82, 2.24) is 25.7 Å². The summed E-state index contributed by atoms with van der Waals surface area (Å²) in [5, 5.41) is 14.0. The zero-order valence-electron chi connectivity index (χ0n) is 13.9. The summed E-state index contributed by atoms with van der Waals surface area (Å²) < 4.78 is 13.1. The predicted octanol–water partition coefficient (Wildman–Crippen LogP) is 0.266. The molecule has 2 heterocycles. The van der Waals surface area contributed by atoms with Gasteiger partial charge in [0.25, 0.3) is 0 Å². The van der Waals surface area contributed by atoms with Crippen LogP contribution in [0.2, 0.25) is 0 Å². The number of carbonyl (C=O) groups is 2. The molecule has 1 aromatic heterocycles. The van der Waals surface area contributed by atoms with Crippen molar-refractivity contribution in [3.63, 3.8) is 0 Å². The highest BCUT2D eigenvalue weighted by molar-refractivity contribution is 7.15. The summed E-state index contributed by atoms with van der Waals surface area (Å²) in [4.78, 5) is 26.4. The molecule has 0 aliphatic carbocycles. The number of anilines is 1. The van der Waals surface area contributed by atoms with Crippen LogP contribution in [0.25, 0.3) is 0 Å². The number of nitrogens with one attached hydrogen (secondary N) is 2. The number of halogens is 1. The van der Waals surface area contributed by atoms with Crippen LogP contribution in [0.15, 0.2) is 24.3 Å². The van der Waals surface area contributed by atoms with E-state index in [0.717, 1.165) is 5.56 Å². The molecule has 26 heavy (non-hydrogen) atoms. The number of nitrogens with two attached hydrogens (primary N) is 1. The number of nitrogen functional groups attached to an aromatic ring is 1. The number of carbonyl (C=O) groups excluding carboxylic acids is 2. The molecule has 1 fully saturated rings. The average molecular weight is 378 g/mol. The van der Waals surface area contributed by atoms with E-state index in [9.17, 15) is 14.0 Å². The summed E-state index contributed by atoms with van der Waals surface area (Å²) in [6, 6.07) is 5.55. The van der Waals surface area contributed by atoms with Crippen LogP contribution in [0.1, 0.15) is 17.0 Å². The molecular formula is C16H19FN6O2S. The van der Waals surface area contributed by atoms with Gasteiger partial charge in [-0.1, -0.05) is 23.5 Å². The van der Waals surface area contributed by atoms with Crippen molar-refractivity contribution in [3.8, 4) is 0 Å². The minimum atomic E-state index is -0.576. The fraction of sp³-hybridized carbons (Fsp3) is 0.375. The molecule has 1 saturated heterocycles. The first-order chi connectivity index (χ1) is 12.5. The summed E-state index contributed by atoms with van der Waals surface area (Å²) in [7, 11) is 0. The van der Waals surface area contributed by atoms with E-state index in [1.165, 1.54) is 23.5 Å². The summed E-state index contributed by atoms with van der Waals surface area (Å²) in [6.07, 6.45) is 0.0291. The quantitative estimate of drug-likeness (QED) is 0.665. The Morgan fingerprint density at radius 3 is 2.85 bits per heavy atom. The Morgan fingerprint density at radius 1 is 1.38 bits per heavy atom. The van der Waals surface area contributed by atoms with Crippen LogP contribution >= 0.6 is 11.3 Å². The van der Waals surface area contributed by atoms with Gasteiger partial charge in [0.1, 0.15) is 10.8 Å². The Morgan fingerprint density at radius 2 is 2.15 bits per heavy atom. The number of nitrogens with zero attached hydrogens (tertiary/aromatic N) is 3. The Hall–Kier alpha value is -2.59. The van der Waals surface area contributed by atoms with Crippen molar-refractivity contribution in [2.75, 3.05) is 18.8 Å². The molecule has 0 spiro atoms. The van der Waals surface area contributed by atoms with Crippen LogP contribution in [0.5, 0.6) is 0 Å². The third-order valence-electron chi connectivity index (χ3n) is 4.04. The third-order valence-corrected chi connectivity index (χ3v) is 4.79. The van der Waals surface area contributed by atoms with Crippen LogP contribution in [-0.2, 0) is 22.7 Å². The minimum absolute atomic E-state index is 0.0291. The normalized spacial score (nSPS) is 17.7. The van der Waals surface area contributed by atoms with Crippen LogP contribution in [0, 0.1) is 5.82 Å². The molecule has 10 heteroatoms. The lowest BCUT2D eigenvalue weighted by atomic mass is 10.1. The summed E-state index contributed by atoms with van der Waals surface area (Å²) in [6.45, 7) is 1.83. The van der Waals surface area contributed by atoms with E-state index in [1.54, 1.807) is 12.1 Å². The van der Waals surface area contributed by atoms with Gasteiger partial charge in [0.2, 0.25) is 16.9 Å². The molecule has 0 saturated carbocycles. The first-order valence-electron chi connectivity index (χ1n) is 8.12.